The van der Waals surface area contributed by atoms with Gasteiger partial charge in [-0.25, -0.2) is 4.39 Å². The molecule has 1 unspecified atom stereocenters. The van der Waals surface area contributed by atoms with Crippen LogP contribution in [0.25, 0.3) is 0 Å². The lowest BCUT2D eigenvalue weighted by atomic mass is 10.1. The number of ketones is 1. The smallest absolute Gasteiger partial charge is 0.191 e. The molecule has 0 aromatic heterocycles. The van der Waals surface area contributed by atoms with Gasteiger partial charge in [-0.15, -0.1) is 0 Å². The van der Waals surface area contributed by atoms with Crippen molar-refractivity contribution in [2.24, 2.45) is 0 Å². The predicted octanol–water partition coefficient (Wildman–Crippen LogP) is 3.61. The first-order valence-corrected chi connectivity index (χ1v) is 6.13. The monoisotopic (exact) mass is 258 g/mol. The summed E-state index contributed by atoms with van der Waals surface area (Å²) in [5, 5.41) is 0. The molecule has 0 amide bonds. The van der Waals surface area contributed by atoms with Crippen molar-refractivity contribution in [2.45, 2.75) is 19.6 Å². The molecular weight excluding hydrogens is 243 g/mol. The standard InChI is InChI=1S/C16H15FO2/c1-12(16(18)13-7-3-2-4-8-13)19-11-14-9-5-6-10-15(14)17/h2-10,12H,11H2,1H3. The lowest BCUT2D eigenvalue weighted by Gasteiger charge is -2.12. The minimum Gasteiger partial charge on any atom is -0.366 e. The van der Waals surface area contributed by atoms with Crippen LogP contribution in [0, 0.1) is 5.82 Å². The zero-order valence-corrected chi connectivity index (χ0v) is 10.7. The molecule has 3 heteroatoms. The van der Waals surface area contributed by atoms with Crippen molar-refractivity contribution in [3.8, 4) is 0 Å². The van der Waals surface area contributed by atoms with E-state index in [1.807, 2.05) is 6.07 Å². The van der Waals surface area contributed by atoms with Crippen molar-refractivity contribution in [2.75, 3.05) is 0 Å². The molecule has 0 saturated heterocycles. The van der Waals surface area contributed by atoms with Crippen molar-refractivity contribution in [1.82, 2.24) is 0 Å². The molecule has 0 aliphatic heterocycles. The molecule has 0 fully saturated rings. The van der Waals surface area contributed by atoms with Crippen LogP contribution in [0.5, 0.6) is 0 Å². The summed E-state index contributed by atoms with van der Waals surface area (Å²) in [6.45, 7) is 1.77. The summed E-state index contributed by atoms with van der Waals surface area (Å²) in [4.78, 5) is 12.0. The van der Waals surface area contributed by atoms with Crippen LogP contribution >= 0.6 is 0 Å². The van der Waals surface area contributed by atoms with E-state index in [1.54, 1.807) is 49.4 Å². The number of carbonyl (C=O) groups is 1. The van der Waals surface area contributed by atoms with Crippen LogP contribution in [-0.2, 0) is 11.3 Å². The summed E-state index contributed by atoms with van der Waals surface area (Å²) in [7, 11) is 0. The third kappa shape index (κ3) is 3.48. The quantitative estimate of drug-likeness (QED) is 0.766. The average Bonchev–Trinajstić information content (AvgIpc) is 2.46. The molecule has 2 rings (SSSR count). The molecule has 2 nitrogen and oxygen atoms in total. The second kappa shape index (κ2) is 6.25. The second-order valence-electron chi connectivity index (χ2n) is 4.27. The molecular formula is C16H15FO2. The summed E-state index contributed by atoms with van der Waals surface area (Å²) in [5.74, 6) is -0.418. The summed E-state index contributed by atoms with van der Waals surface area (Å²) >= 11 is 0. The maximum atomic E-state index is 13.4. The molecule has 0 aliphatic carbocycles. The molecule has 0 heterocycles. The summed E-state index contributed by atoms with van der Waals surface area (Å²) < 4.78 is 18.8. The molecule has 0 bridgehead atoms. The lowest BCUT2D eigenvalue weighted by Crippen LogP contribution is -2.20. The highest BCUT2D eigenvalue weighted by molar-refractivity contribution is 5.99. The third-order valence-electron chi connectivity index (χ3n) is 2.87. The zero-order chi connectivity index (χ0) is 13.7. The van der Waals surface area contributed by atoms with Crippen LogP contribution in [0.15, 0.2) is 54.6 Å². The molecule has 2 aromatic carbocycles. The SMILES string of the molecule is CC(OCc1ccccc1F)C(=O)c1ccccc1. The number of benzene rings is 2. The van der Waals surface area contributed by atoms with Gasteiger partial charge in [0.15, 0.2) is 5.78 Å². The topological polar surface area (TPSA) is 26.3 Å². The first-order chi connectivity index (χ1) is 9.18. The number of Topliss-reactive ketones (excluding diaryl/α,β-unsaturated/α-hetero) is 1. The largest absolute Gasteiger partial charge is 0.366 e. The Balaban J connectivity index is 1.97. The molecule has 0 saturated carbocycles. The van der Waals surface area contributed by atoms with E-state index in [-0.39, 0.29) is 18.2 Å². The first kappa shape index (κ1) is 13.4. The first-order valence-electron chi connectivity index (χ1n) is 6.13. The Morgan fingerprint density at radius 1 is 1.11 bits per heavy atom. The van der Waals surface area contributed by atoms with Crippen LogP contribution in [0.4, 0.5) is 4.39 Å². The Kier molecular flexibility index (Phi) is 4.42. The number of carbonyl (C=O) groups excluding carboxylic acids is 1. The molecule has 0 radical (unpaired) electrons. The van der Waals surface area contributed by atoms with E-state index in [9.17, 15) is 9.18 Å². The maximum Gasteiger partial charge on any atom is 0.191 e. The fraction of sp³-hybridized carbons (Fsp3) is 0.188. The molecule has 2 aromatic rings. The molecule has 0 aliphatic rings. The van der Waals surface area contributed by atoms with Gasteiger partial charge in [0, 0.05) is 11.1 Å². The minimum absolute atomic E-state index is 0.0897. The number of hydrogen-bond donors (Lipinski definition) is 0. The van der Waals surface area contributed by atoms with Crippen molar-refractivity contribution in [1.29, 1.82) is 0 Å². The van der Waals surface area contributed by atoms with Gasteiger partial charge in [0.05, 0.1) is 6.61 Å². The van der Waals surface area contributed by atoms with Crippen LogP contribution in [-0.4, -0.2) is 11.9 Å². The van der Waals surface area contributed by atoms with Gasteiger partial charge >= 0.3 is 0 Å². The van der Waals surface area contributed by atoms with Gasteiger partial charge in [-0.2, -0.15) is 0 Å². The molecule has 1 atom stereocenters. The van der Waals surface area contributed by atoms with E-state index in [4.69, 9.17) is 4.74 Å². The third-order valence-corrected chi connectivity index (χ3v) is 2.87. The van der Waals surface area contributed by atoms with Gasteiger partial charge in [-0.3, -0.25) is 4.79 Å². The molecule has 0 spiro atoms. The predicted molar refractivity (Wildman–Crippen MR) is 71.4 cm³/mol. The fourth-order valence-corrected chi connectivity index (χ4v) is 1.74. The van der Waals surface area contributed by atoms with E-state index in [2.05, 4.69) is 0 Å². The highest BCUT2D eigenvalue weighted by Gasteiger charge is 2.15. The van der Waals surface area contributed by atoms with Crippen molar-refractivity contribution < 1.29 is 13.9 Å². The number of rotatable bonds is 5. The fourth-order valence-electron chi connectivity index (χ4n) is 1.74. The Hall–Kier alpha value is -2.00. The molecule has 0 N–H and O–H groups in total. The van der Waals surface area contributed by atoms with E-state index in [0.29, 0.717) is 11.1 Å². The highest BCUT2D eigenvalue weighted by Crippen LogP contribution is 2.11. The second-order valence-corrected chi connectivity index (χ2v) is 4.27. The van der Waals surface area contributed by atoms with Crippen LogP contribution in [0.1, 0.15) is 22.8 Å². The van der Waals surface area contributed by atoms with E-state index in [0.717, 1.165) is 0 Å². The van der Waals surface area contributed by atoms with Crippen molar-refractivity contribution >= 4 is 5.78 Å². The van der Waals surface area contributed by atoms with Gasteiger partial charge in [0.25, 0.3) is 0 Å². The van der Waals surface area contributed by atoms with Crippen LogP contribution < -0.4 is 0 Å². The van der Waals surface area contributed by atoms with Gasteiger partial charge in [-0.05, 0) is 13.0 Å². The normalized spacial score (nSPS) is 12.1. The van der Waals surface area contributed by atoms with Crippen LogP contribution in [0.3, 0.4) is 0 Å². The van der Waals surface area contributed by atoms with Crippen LogP contribution in [0.2, 0.25) is 0 Å². The van der Waals surface area contributed by atoms with E-state index < -0.39 is 6.10 Å². The Labute approximate surface area is 111 Å². The average molecular weight is 258 g/mol. The number of hydrogen-bond acceptors (Lipinski definition) is 2. The van der Waals surface area contributed by atoms with Gasteiger partial charge in [-0.1, -0.05) is 48.5 Å². The Bertz CT molecular complexity index is 552. The Morgan fingerprint density at radius 3 is 2.42 bits per heavy atom. The zero-order valence-electron chi connectivity index (χ0n) is 10.7. The summed E-state index contributed by atoms with van der Waals surface area (Å²) in [5.41, 5.74) is 1.05. The van der Waals surface area contributed by atoms with Gasteiger partial charge in [0.1, 0.15) is 11.9 Å². The van der Waals surface area contributed by atoms with Gasteiger partial charge < -0.3 is 4.74 Å². The Morgan fingerprint density at radius 2 is 1.74 bits per heavy atom. The number of ether oxygens (including phenoxy) is 1. The van der Waals surface area contributed by atoms with E-state index >= 15 is 0 Å². The lowest BCUT2D eigenvalue weighted by molar-refractivity contribution is 0.0403. The summed E-state index contributed by atoms with van der Waals surface area (Å²) in [6.07, 6.45) is -0.595. The summed E-state index contributed by atoms with van der Waals surface area (Å²) in [6, 6.07) is 15.3. The number of halogens is 1. The molecule has 19 heavy (non-hydrogen) atoms. The van der Waals surface area contributed by atoms with Crippen molar-refractivity contribution in [3.05, 3.63) is 71.5 Å². The maximum absolute atomic E-state index is 13.4. The molecule has 98 valence electrons. The van der Waals surface area contributed by atoms with E-state index in [1.165, 1.54) is 6.07 Å². The van der Waals surface area contributed by atoms with Gasteiger partial charge in [0.2, 0.25) is 0 Å². The highest BCUT2D eigenvalue weighted by atomic mass is 19.1. The van der Waals surface area contributed by atoms with Crippen molar-refractivity contribution in [3.63, 3.8) is 0 Å². The minimum atomic E-state index is -0.595.